The third kappa shape index (κ3) is 4.25. The van der Waals surface area contributed by atoms with E-state index >= 15 is 0 Å². The third-order valence-corrected chi connectivity index (χ3v) is 1.66. The van der Waals surface area contributed by atoms with Gasteiger partial charge in [0.1, 0.15) is 17.4 Å². The summed E-state index contributed by atoms with van der Waals surface area (Å²) in [5, 5.41) is 2.59. The first-order valence-electron chi connectivity index (χ1n) is 4.85. The molecule has 5 heteroatoms. The standard InChI is InChI=1S/C11H13F2NO2/c1-7(2)14-11(15)6-16-10-4-8(12)3-9(13)5-10/h3-5,7H,6H2,1-2H3,(H,14,15). The van der Waals surface area contributed by atoms with Gasteiger partial charge >= 0.3 is 0 Å². The Balaban J connectivity index is 2.51. The summed E-state index contributed by atoms with van der Waals surface area (Å²) in [6, 6.07) is 2.78. The van der Waals surface area contributed by atoms with E-state index in [1.807, 2.05) is 0 Å². The molecule has 0 heterocycles. The van der Waals surface area contributed by atoms with E-state index in [-0.39, 0.29) is 24.3 Å². The molecule has 3 nitrogen and oxygen atoms in total. The van der Waals surface area contributed by atoms with Crippen molar-refractivity contribution >= 4 is 5.91 Å². The van der Waals surface area contributed by atoms with Gasteiger partial charge in [0.2, 0.25) is 0 Å². The molecular weight excluding hydrogens is 216 g/mol. The monoisotopic (exact) mass is 229 g/mol. The van der Waals surface area contributed by atoms with Crippen molar-refractivity contribution in [3.63, 3.8) is 0 Å². The molecular formula is C11H13F2NO2. The maximum Gasteiger partial charge on any atom is 0.258 e. The van der Waals surface area contributed by atoms with Crippen molar-refractivity contribution in [2.24, 2.45) is 0 Å². The van der Waals surface area contributed by atoms with Crippen LogP contribution in [0.1, 0.15) is 13.8 Å². The summed E-state index contributed by atoms with van der Waals surface area (Å²) in [6.45, 7) is 3.35. The lowest BCUT2D eigenvalue weighted by Crippen LogP contribution is -2.34. The summed E-state index contributed by atoms with van der Waals surface area (Å²) in [4.78, 5) is 11.2. The van der Waals surface area contributed by atoms with Crippen molar-refractivity contribution in [3.05, 3.63) is 29.8 Å². The summed E-state index contributed by atoms with van der Waals surface area (Å²) in [5.74, 6) is -1.81. The second kappa shape index (κ2) is 5.44. The van der Waals surface area contributed by atoms with Crippen LogP contribution >= 0.6 is 0 Å². The number of nitrogens with one attached hydrogen (secondary N) is 1. The summed E-state index contributed by atoms with van der Waals surface area (Å²) >= 11 is 0. The maximum atomic E-state index is 12.7. The fourth-order valence-electron chi connectivity index (χ4n) is 1.12. The molecule has 0 aliphatic heterocycles. The van der Waals surface area contributed by atoms with E-state index in [1.165, 1.54) is 0 Å². The Morgan fingerprint density at radius 1 is 1.31 bits per heavy atom. The van der Waals surface area contributed by atoms with E-state index in [0.717, 1.165) is 18.2 Å². The smallest absolute Gasteiger partial charge is 0.258 e. The summed E-state index contributed by atoms with van der Waals surface area (Å²) in [6.07, 6.45) is 0. The fourth-order valence-corrected chi connectivity index (χ4v) is 1.12. The Bertz CT molecular complexity index is 360. The lowest BCUT2D eigenvalue weighted by Gasteiger charge is -2.09. The Morgan fingerprint density at radius 2 is 1.88 bits per heavy atom. The van der Waals surface area contributed by atoms with Gasteiger partial charge in [0, 0.05) is 24.2 Å². The predicted octanol–water partition coefficient (Wildman–Crippen LogP) is 1.87. The highest BCUT2D eigenvalue weighted by Crippen LogP contribution is 2.14. The molecule has 0 spiro atoms. The van der Waals surface area contributed by atoms with E-state index in [1.54, 1.807) is 13.8 Å². The molecule has 1 aromatic carbocycles. The van der Waals surface area contributed by atoms with Crippen molar-refractivity contribution in [3.8, 4) is 5.75 Å². The van der Waals surface area contributed by atoms with Gasteiger partial charge in [-0.05, 0) is 13.8 Å². The Kier molecular flexibility index (Phi) is 4.22. The van der Waals surface area contributed by atoms with E-state index in [4.69, 9.17) is 4.74 Å². The van der Waals surface area contributed by atoms with Crippen molar-refractivity contribution in [1.29, 1.82) is 0 Å². The SMILES string of the molecule is CC(C)NC(=O)COc1cc(F)cc(F)c1. The quantitative estimate of drug-likeness (QED) is 0.855. The topological polar surface area (TPSA) is 38.3 Å². The molecule has 0 aliphatic rings. The fraction of sp³-hybridized carbons (Fsp3) is 0.364. The van der Waals surface area contributed by atoms with Gasteiger partial charge in [-0.2, -0.15) is 0 Å². The second-order valence-corrected chi connectivity index (χ2v) is 3.62. The first kappa shape index (κ1) is 12.4. The molecule has 1 rings (SSSR count). The largest absolute Gasteiger partial charge is 0.484 e. The van der Waals surface area contributed by atoms with E-state index in [0.29, 0.717) is 0 Å². The minimum Gasteiger partial charge on any atom is -0.484 e. The van der Waals surface area contributed by atoms with Gasteiger partial charge in [-0.25, -0.2) is 8.78 Å². The zero-order valence-electron chi connectivity index (χ0n) is 9.09. The van der Waals surface area contributed by atoms with Crippen LogP contribution in [0.25, 0.3) is 0 Å². The van der Waals surface area contributed by atoms with Gasteiger partial charge in [-0.15, -0.1) is 0 Å². The highest BCUT2D eigenvalue weighted by atomic mass is 19.1. The Labute approximate surface area is 92.4 Å². The molecule has 0 aliphatic carbocycles. The normalized spacial score (nSPS) is 10.3. The molecule has 0 saturated carbocycles. The third-order valence-electron chi connectivity index (χ3n) is 1.66. The summed E-state index contributed by atoms with van der Waals surface area (Å²) in [7, 11) is 0. The average molecular weight is 229 g/mol. The Hall–Kier alpha value is -1.65. The number of rotatable bonds is 4. The van der Waals surface area contributed by atoms with Crippen LogP contribution < -0.4 is 10.1 Å². The highest BCUT2D eigenvalue weighted by molar-refractivity contribution is 5.77. The number of carbonyl (C=O) groups excluding carboxylic acids is 1. The van der Waals surface area contributed by atoms with Gasteiger partial charge < -0.3 is 10.1 Å². The number of carbonyl (C=O) groups is 1. The minimum absolute atomic E-state index is 0.000320. The number of benzene rings is 1. The average Bonchev–Trinajstić information content (AvgIpc) is 2.12. The maximum absolute atomic E-state index is 12.7. The molecule has 16 heavy (non-hydrogen) atoms. The van der Waals surface area contributed by atoms with Crippen molar-refractivity contribution in [2.45, 2.75) is 19.9 Å². The molecule has 1 N–H and O–H groups in total. The molecule has 0 radical (unpaired) electrons. The van der Waals surface area contributed by atoms with Crippen LogP contribution in [-0.2, 0) is 4.79 Å². The molecule has 0 aromatic heterocycles. The van der Waals surface area contributed by atoms with Gasteiger partial charge in [0.05, 0.1) is 0 Å². The zero-order valence-corrected chi connectivity index (χ0v) is 9.09. The van der Waals surface area contributed by atoms with Crippen LogP contribution in [0.2, 0.25) is 0 Å². The predicted molar refractivity (Wildman–Crippen MR) is 55.1 cm³/mol. The van der Waals surface area contributed by atoms with Crippen LogP contribution in [-0.4, -0.2) is 18.6 Å². The Morgan fingerprint density at radius 3 is 2.38 bits per heavy atom. The summed E-state index contributed by atoms with van der Waals surface area (Å²) in [5.41, 5.74) is 0. The van der Waals surface area contributed by atoms with Crippen molar-refractivity contribution < 1.29 is 18.3 Å². The van der Waals surface area contributed by atoms with E-state index < -0.39 is 11.6 Å². The second-order valence-electron chi connectivity index (χ2n) is 3.62. The van der Waals surface area contributed by atoms with Crippen LogP contribution in [0.4, 0.5) is 8.78 Å². The van der Waals surface area contributed by atoms with Crippen molar-refractivity contribution in [1.82, 2.24) is 5.32 Å². The molecule has 0 fully saturated rings. The molecule has 88 valence electrons. The highest BCUT2D eigenvalue weighted by Gasteiger charge is 2.06. The molecule has 0 saturated heterocycles. The van der Waals surface area contributed by atoms with E-state index in [9.17, 15) is 13.6 Å². The first-order chi connectivity index (χ1) is 7.47. The molecule has 0 atom stereocenters. The lowest BCUT2D eigenvalue weighted by atomic mass is 10.3. The number of halogens is 2. The first-order valence-corrected chi connectivity index (χ1v) is 4.85. The molecule has 1 amide bonds. The molecule has 1 aromatic rings. The van der Waals surface area contributed by atoms with E-state index in [2.05, 4.69) is 5.32 Å². The van der Waals surface area contributed by atoms with Gasteiger partial charge in [0.15, 0.2) is 6.61 Å². The zero-order chi connectivity index (χ0) is 12.1. The minimum atomic E-state index is -0.737. The molecule has 0 bridgehead atoms. The number of hydrogen-bond acceptors (Lipinski definition) is 2. The number of amides is 1. The van der Waals surface area contributed by atoms with Crippen LogP contribution in [0.15, 0.2) is 18.2 Å². The van der Waals surface area contributed by atoms with Crippen LogP contribution in [0, 0.1) is 11.6 Å². The summed E-state index contributed by atoms with van der Waals surface area (Å²) < 4.78 is 30.4. The molecule has 0 unspecified atom stereocenters. The van der Waals surface area contributed by atoms with Gasteiger partial charge in [-0.1, -0.05) is 0 Å². The van der Waals surface area contributed by atoms with Crippen molar-refractivity contribution in [2.75, 3.05) is 6.61 Å². The van der Waals surface area contributed by atoms with Crippen LogP contribution in [0.5, 0.6) is 5.75 Å². The number of hydrogen-bond donors (Lipinski definition) is 1. The van der Waals surface area contributed by atoms with Crippen LogP contribution in [0.3, 0.4) is 0 Å². The van der Waals surface area contributed by atoms with Gasteiger partial charge in [0.25, 0.3) is 5.91 Å². The van der Waals surface area contributed by atoms with Gasteiger partial charge in [-0.3, -0.25) is 4.79 Å². The lowest BCUT2D eigenvalue weighted by molar-refractivity contribution is -0.123. The number of ether oxygens (including phenoxy) is 1.